The lowest BCUT2D eigenvalue weighted by molar-refractivity contribution is 0.0209. The highest BCUT2D eigenvalue weighted by molar-refractivity contribution is 6.06. The van der Waals surface area contributed by atoms with Gasteiger partial charge in [0.15, 0.2) is 0 Å². The Hall–Kier alpha value is -2.08. The number of nitrogens with zero attached hydrogens (tertiary/aromatic N) is 2. The summed E-state index contributed by atoms with van der Waals surface area (Å²) < 4.78 is 9.24. The lowest BCUT2D eigenvalue weighted by Crippen LogP contribution is -2.39. The van der Waals surface area contributed by atoms with Gasteiger partial charge in [0.2, 0.25) is 0 Å². The second-order valence-corrected chi connectivity index (χ2v) is 7.32. The molecular formula is C20H29N3O3. The van der Waals surface area contributed by atoms with Crippen LogP contribution in [-0.4, -0.2) is 33.8 Å². The van der Waals surface area contributed by atoms with Crippen molar-refractivity contribution in [2.45, 2.75) is 57.6 Å². The minimum atomic E-state index is -0.158. The third-order valence-corrected chi connectivity index (χ3v) is 5.32. The number of hydrogen-bond donors (Lipinski definition) is 1. The normalized spacial score (nSPS) is 20.4. The van der Waals surface area contributed by atoms with Crippen LogP contribution in [0.3, 0.4) is 0 Å². The number of unbranched alkanes of at least 4 members (excludes halogenated alkanes) is 1. The van der Waals surface area contributed by atoms with Crippen LogP contribution in [0.4, 0.5) is 0 Å². The zero-order valence-electron chi connectivity index (χ0n) is 16.0. The fourth-order valence-corrected chi connectivity index (χ4v) is 3.70. The number of amides is 1. The molecule has 0 radical (unpaired) electrons. The van der Waals surface area contributed by atoms with Gasteiger partial charge >= 0.3 is 0 Å². The number of nitrogens with one attached hydrogen (secondary N) is 1. The smallest absolute Gasteiger partial charge is 0.260 e. The topological polar surface area (TPSA) is 65.3 Å². The molecule has 1 saturated carbocycles. The first-order valence-corrected chi connectivity index (χ1v) is 9.58. The summed E-state index contributed by atoms with van der Waals surface area (Å²) in [6.07, 6.45) is 9.85. The van der Waals surface area contributed by atoms with Crippen molar-refractivity contribution in [2.75, 3.05) is 6.61 Å². The molecule has 1 N–H and O–H groups in total. The minimum absolute atomic E-state index is 0.138. The van der Waals surface area contributed by atoms with Gasteiger partial charge < -0.3 is 19.2 Å². The van der Waals surface area contributed by atoms with E-state index in [1.807, 2.05) is 17.7 Å². The van der Waals surface area contributed by atoms with Crippen LogP contribution in [0.25, 0.3) is 10.9 Å². The summed E-state index contributed by atoms with van der Waals surface area (Å²) in [5.41, 5.74) is 1.11. The van der Waals surface area contributed by atoms with Crippen LogP contribution in [0.2, 0.25) is 0 Å². The van der Waals surface area contributed by atoms with Gasteiger partial charge in [0.1, 0.15) is 0 Å². The Bertz CT molecular complexity index is 829. The number of ether oxygens (including phenoxy) is 1. The second kappa shape index (κ2) is 8.08. The number of hydrogen-bond acceptors (Lipinski definition) is 3. The summed E-state index contributed by atoms with van der Waals surface area (Å²) in [7, 11) is 3.56. The van der Waals surface area contributed by atoms with E-state index in [2.05, 4.69) is 12.2 Å². The lowest BCUT2D eigenvalue weighted by atomic mass is 9.92. The molecule has 1 amide bonds. The molecule has 0 atom stereocenters. The Kier molecular flexibility index (Phi) is 5.81. The maximum Gasteiger partial charge on any atom is 0.260 e. The van der Waals surface area contributed by atoms with Crippen LogP contribution < -0.4 is 10.9 Å². The molecular weight excluding hydrogens is 330 g/mol. The molecule has 2 aromatic heterocycles. The van der Waals surface area contributed by atoms with Gasteiger partial charge in [0, 0.05) is 39.1 Å². The predicted octanol–water partition coefficient (Wildman–Crippen LogP) is 2.73. The summed E-state index contributed by atoms with van der Waals surface area (Å²) in [5, 5.41) is 3.61. The average molecular weight is 359 g/mol. The number of fused-ring (bicyclic) bond motifs is 1. The molecule has 26 heavy (non-hydrogen) atoms. The Morgan fingerprint density at radius 3 is 2.65 bits per heavy atom. The molecule has 0 unspecified atom stereocenters. The van der Waals surface area contributed by atoms with E-state index in [-0.39, 0.29) is 17.5 Å². The average Bonchev–Trinajstić information content (AvgIpc) is 2.97. The van der Waals surface area contributed by atoms with E-state index in [1.54, 1.807) is 19.4 Å². The van der Waals surface area contributed by atoms with Crippen molar-refractivity contribution in [1.29, 1.82) is 0 Å². The van der Waals surface area contributed by atoms with E-state index in [9.17, 15) is 9.59 Å². The van der Waals surface area contributed by atoms with Crippen molar-refractivity contribution in [3.63, 3.8) is 0 Å². The zero-order chi connectivity index (χ0) is 18.7. The second-order valence-electron chi connectivity index (χ2n) is 7.32. The predicted molar refractivity (Wildman–Crippen MR) is 103 cm³/mol. The maximum absolute atomic E-state index is 12.8. The number of carbonyl (C=O) groups is 1. The first-order chi connectivity index (χ1) is 12.5. The molecule has 0 bridgehead atoms. The molecule has 3 rings (SSSR count). The fraction of sp³-hybridized carbons (Fsp3) is 0.600. The van der Waals surface area contributed by atoms with Crippen LogP contribution in [0.5, 0.6) is 0 Å². The first kappa shape index (κ1) is 18.7. The van der Waals surface area contributed by atoms with E-state index >= 15 is 0 Å². The highest BCUT2D eigenvalue weighted by Crippen LogP contribution is 2.23. The van der Waals surface area contributed by atoms with Crippen LogP contribution in [0.15, 0.2) is 23.3 Å². The molecule has 1 aliphatic rings. The Morgan fingerprint density at radius 1 is 1.23 bits per heavy atom. The van der Waals surface area contributed by atoms with Crippen molar-refractivity contribution in [3.05, 3.63) is 34.4 Å². The third-order valence-electron chi connectivity index (χ3n) is 5.32. The number of aryl methyl sites for hydroxylation is 2. The highest BCUT2D eigenvalue weighted by Gasteiger charge is 2.25. The van der Waals surface area contributed by atoms with Gasteiger partial charge in [-0.25, -0.2) is 0 Å². The monoisotopic (exact) mass is 359 g/mol. The summed E-state index contributed by atoms with van der Waals surface area (Å²) in [6.45, 7) is 2.99. The first-order valence-electron chi connectivity index (χ1n) is 9.58. The molecule has 142 valence electrons. The zero-order valence-corrected chi connectivity index (χ0v) is 16.0. The summed E-state index contributed by atoms with van der Waals surface area (Å²) in [4.78, 5) is 25.3. The van der Waals surface area contributed by atoms with Crippen molar-refractivity contribution >= 4 is 16.8 Å². The number of pyridine rings is 1. The molecule has 0 saturated heterocycles. The standard InChI is InChI=1S/C20H29N3O3/c1-4-5-12-26-15-8-6-14(7-9-15)21-19(24)16-13-23(3)17-10-11-22(2)20(25)18(16)17/h10-11,13-15H,4-9,12H2,1-3H3,(H,21,24)/t14-,15-. The molecule has 2 heterocycles. The fourth-order valence-electron chi connectivity index (χ4n) is 3.70. The number of aromatic nitrogens is 2. The SMILES string of the molecule is CCCCO[C@H]1CC[C@H](NC(=O)c2cn(C)c3ccn(C)c(=O)c23)CC1. The van der Waals surface area contributed by atoms with E-state index in [0.717, 1.165) is 50.6 Å². The van der Waals surface area contributed by atoms with Gasteiger partial charge in [-0.1, -0.05) is 13.3 Å². The van der Waals surface area contributed by atoms with Crippen LogP contribution in [0, 0.1) is 0 Å². The van der Waals surface area contributed by atoms with Gasteiger partial charge in [-0.2, -0.15) is 0 Å². The van der Waals surface area contributed by atoms with Crippen LogP contribution >= 0.6 is 0 Å². The van der Waals surface area contributed by atoms with Crippen molar-refractivity contribution in [2.24, 2.45) is 14.1 Å². The van der Waals surface area contributed by atoms with E-state index in [4.69, 9.17) is 4.74 Å². The highest BCUT2D eigenvalue weighted by atomic mass is 16.5. The van der Waals surface area contributed by atoms with E-state index in [1.165, 1.54) is 4.57 Å². The Morgan fingerprint density at radius 2 is 1.96 bits per heavy atom. The lowest BCUT2D eigenvalue weighted by Gasteiger charge is -2.29. The Balaban J connectivity index is 1.66. The third kappa shape index (κ3) is 3.85. The summed E-state index contributed by atoms with van der Waals surface area (Å²) in [5.74, 6) is -0.158. The molecule has 2 aromatic rings. The molecule has 1 fully saturated rings. The van der Waals surface area contributed by atoms with Crippen LogP contribution in [0.1, 0.15) is 55.8 Å². The molecule has 0 aliphatic heterocycles. The minimum Gasteiger partial charge on any atom is -0.378 e. The summed E-state index contributed by atoms with van der Waals surface area (Å²) in [6, 6.07) is 2.02. The Labute approximate surface area is 154 Å². The molecule has 0 spiro atoms. The van der Waals surface area contributed by atoms with E-state index in [0.29, 0.717) is 17.1 Å². The molecule has 1 aliphatic carbocycles. The van der Waals surface area contributed by atoms with E-state index < -0.39 is 0 Å². The maximum atomic E-state index is 12.8. The molecule has 6 heteroatoms. The number of rotatable bonds is 6. The van der Waals surface area contributed by atoms with Gasteiger partial charge in [-0.3, -0.25) is 9.59 Å². The van der Waals surface area contributed by atoms with Crippen molar-refractivity contribution < 1.29 is 9.53 Å². The van der Waals surface area contributed by atoms with Crippen LogP contribution in [-0.2, 0) is 18.8 Å². The van der Waals surface area contributed by atoms with Gasteiger partial charge in [-0.05, 0) is 38.2 Å². The molecule has 0 aromatic carbocycles. The van der Waals surface area contributed by atoms with Gasteiger partial charge in [0.05, 0.1) is 22.6 Å². The molecule has 6 nitrogen and oxygen atoms in total. The van der Waals surface area contributed by atoms with Crippen molar-refractivity contribution in [1.82, 2.24) is 14.5 Å². The van der Waals surface area contributed by atoms with Crippen molar-refractivity contribution in [3.8, 4) is 0 Å². The quantitative estimate of drug-likeness (QED) is 0.807. The number of carbonyl (C=O) groups excluding carboxylic acids is 1. The summed E-state index contributed by atoms with van der Waals surface area (Å²) >= 11 is 0. The van der Waals surface area contributed by atoms with Gasteiger partial charge in [-0.15, -0.1) is 0 Å². The van der Waals surface area contributed by atoms with Gasteiger partial charge in [0.25, 0.3) is 11.5 Å². The largest absolute Gasteiger partial charge is 0.378 e.